The molecule has 2 heterocycles. The molecule has 9 heteroatoms. The van der Waals surface area contributed by atoms with Gasteiger partial charge >= 0.3 is 0 Å². The van der Waals surface area contributed by atoms with Crippen LogP contribution in [0.15, 0.2) is 23.2 Å². The Kier molecular flexibility index (Phi) is 6.74. The Morgan fingerprint density at radius 1 is 1.31 bits per heavy atom. The number of amides is 2. The number of aliphatic imine (C=N–C) groups is 1. The zero-order chi connectivity index (χ0) is 25.5. The molecular weight excluding hydrogens is 448 g/mol. The minimum atomic E-state index is -0.522. The number of rotatable bonds is 8. The molecule has 0 aromatic heterocycles. The molecular formula is C26H38N4O5. The first kappa shape index (κ1) is 25.3. The number of benzene rings is 1. The Morgan fingerprint density at radius 2 is 2.06 bits per heavy atom. The molecule has 4 rings (SSSR count). The molecule has 4 atom stereocenters. The highest BCUT2D eigenvalue weighted by Gasteiger charge is 2.52. The molecule has 2 aliphatic heterocycles. The van der Waals surface area contributed by atoms with Crippen molar-refractivity contribution < 1.29 is 23.8 Å². The molecule has 1 saturated carbocycles. The monoisotopic (exact) mass is 486 g/mol. The molecule has 192 valence electrons. The van der Waals surface area contributed by atoms with E-state index < -0.39 is 11.1 Å². The van der Waals surface area contributed by atoms with Crippen molar-refractivity contribution in [1.82, 2.24) is 10.2 Å². The lowest BCUT2D eigenvalue weighted by Gasteiger charge is -2.39. The van der Waals surface area contributed by atoms with Gasteiger partial charge in [0.15, 0.2) is 5.96 Å². The van der Waals surface area contributed by atoms with Gasteiger partial charge in [0, 0.05) is 32.1 Å². The van der Waals surface area contributed by atoms with Gasteiger partial charge in [-0.1, -0.05) is 6.07 Å². The lowest BCUT2D eigenvalue weighted by atomic mass is 9.89. The van der Waals surface area contributed by atoms with Gasteiger partial charge in [0.25, 0.3) is 0 Å². The number of carbonyl (C=O) groups is 2. The summed E-state index contributed by atoms with van der Waals surface area (Å²) in [6.45, 7) is 8.29. The molecule has 3 N–H and O–H groups in total. The molecule has 0 radical (unpaired) electrons. The van der Waals surface area contributed by atoms with Crippen LogP contribution < -0.4 is 20.5 Å². The van der Waals surface area contributed by atoms with Crippen LogP contribution in [0.2, 0.25) is 0 Å². The lowest BCUT2D eigenvalue weighted by molar-refractivity contribution is -0.132. The van der Waals surface area contributed by atoms with E-state index in [0.29, 0.717) is 31.6 Å². The van der Waals surface area contributed by atoms with Crippen LogP contribution in [0.3, 0.4) is 0 Å². The van der Waals surface area contributed by atoms with E-state index in [-0.39, 0.29) is 48.1 Å². The van der Waals surface area contributed by atoms with Crippen LogP contribution >= 0.6 is 0 Å². The molecule has 0 spiro atoms. The summed E-state index contributed by atoms with van der Waals surface area (Å²) in [5, 5.41) is 3.25. The molecule has 35 heavy (non-hydrogen) atoms. The van der Waals surface area contributed by atoms with Crippen molar-refractivity contribution in [2.45, 2.75) is 76.6 Å². The second-order valence-corrected chi connectivity index (χ2v) is 11.1. The number of hydrogen-bond donors (Lipinski definition) is 2. The Labute approximate surface area is 207 Å². The number of carbonyl (C=O) groups excluding carboxylic acids is 2. The van der Waals surface area contributed by atoms with Crippen molar-refractivity contribution in [3.05, 3.63) is 23.8 Å². The number of hydrogen-bond acceptors (Lipinski definition) is 7. The zero-order valence-electron chi connectivity index (χ0n) is 21.6. The number of nitrogens with one attached hydrogen (secondary N) is 1. The molecule has 4 unspecified atom stereocenters. The van der Waals surface area contributed by atoms with Crippen LogP contribution in [-0.4, -0.2) is 60.7 Å². The Bertz CT molecular complexity index is 1020. The Balaban J connectivity index is 1.53. The first-order valence-electron chi connectivity index (χ1n) is 12.3. The highest BCUT2D eigenvalue weighted by atomic mass is 16.5. The minimum Gasteiger partial charge on any atom is -0.496 e. The Hall–Kier alpha value is -2.81. The third kappa shape index (κ3) is 5.24. The minimum absolute atomic E-state index is 0.00551. The largest absolute Gasteiger partial charge is 0.496 e. The number of guanidine groups is 1. The average Bonchev–Trinajstić information content (AvgIpc) is 3.54. The zero-order valence-corrected chi connectivity index (χ0v) is 21.6. The van der Waals surface area contributed by atoms with Gasteiger partial charge < -0.3 is 25.3 Å². The quantitative estimate of drug-likeness (QED) is 0.584. The van der Waals surface area contributed by atoms with Crippen LogP contribution in [-0.2, 0) is 14.3 Å². The van der Waals surface area contributed by atoms with Gasteiger partial charge in [0.05, 0.1) is 30.7 Å². The third-order valence-corrected chi connectivity index (χ3v) is 7.13. The van der Waals surface area contributed by atoms with Gasteiger partial charge in [0.2, 0.25) is 11.8 Å². The van der Waals surface area contributed by atoms with E-state index in [9.17, 15) is 9.59 Å². The summed E-state index contributed by atoms with van der Waals surface area (Å²) >= 11 is 0. The fourth-order valence-corrected chi connectivity index (χ4v) is 5.53. The first-order valence-corrected chi connectivity index (χ1v) is 12.3. The van der Waals surface area contributed by atoms with Crippen molar-refractivity contribution >= 4 is 17.8 Å². The number of ether oxygens (including phenoxy) is 3. The summed E-state index contributed by atoms with van der Waals surface area (Å²) < 4.78 is 17.0. The lowest BCUT2D eigenvalue weighted by Crippen LogP contribution is -2.55. The van der Waals surface area contributed by atoms with Crippen LogP contribution in [0.5, 0.6) is 11.5 Å². The SMILES string of the molecule is COCCC(C1CC1C(=O)NC1CC(C)(C)Oc2cccc(OC)c21)N1C(=O)CC(C)(C)N=C1N. The van der Waals surface area contributed by atoms with E-state index in [4.69, 9.17) is 19.9 Å². The van der Waals surface area contributed by atoms with E-state index >= 15 is 0 Å². The van der Waals surface area contributed by atoms with Crippen molar-refractivity contribution in [3.8, 4) is 11.5 Å². The maximum Gasteiger partial charge on any atom is 0.231 e. The van der Waals surface area contributed by atoms with Crippen molar-refractivity contribution in [1.29, 1.82) is 0 Å². The van der Waals surface area contributed by atoms with E-state index in [0.717, 1.165) is 11.3 Å². The van der Waals surface area contributed by atoms with Gasteiger partial charge in [-0.25, -0.2) is 4.99 Å². The van der Waals surface area contributed by atoms with Gasteiger partial charge in [-0.15, -0.1) is 0 Å². The number of methoxy groups -OCH3 is 2. The van der Waals surface area contributed by atoms with Crippen molar-refractivity contribution in [2.75, 3.05) is 20.8 Å². The highest BCUT2D eigenvalue weighted by molar-refractivity contribution is 5.99. The molecule has 3 aliphatic rings. The molecule has 1 fully saturated rings. The molecule has 0 bridgehead atoms. The second-order valence-electron chi connectivity index (χ2n) is 11.1. The van der Waals surface area contributed by atoms with Crippen LogP contribution in [0, 0.1) is 11.8 Å². The topological polar surface area (TPSA) is 115 Å². The number of fused-ring (bicyclic) bond motifs is 1. The number of nitrogens with zero attached hydrogens (tertiary/aromatic N) is 2. The van der Waals surface area contributed by atoms with Gasteiger partial charge in [0.1, 0.15) is 17.1 Å². The second kappa shape index (κ2) is 9.33. The highest BCUT2D eigenvalue weighted by Crippen LogP contribution is 2.48. The van der Waals surface area contributed by atoms with Gasteiger partial charge in [-0.05, 0) is 58.6 Å². The molecule has 1 aromatic rings. The third-order valence-electron chi connectivity index (χ3n) is 7.13. The standard InChI is InChI=1S/C26H38N4O5/c1-25(2)14-21(31)30(24(27)29-25)18(10-11-33-5)15-12-16(15)23(32)28-17-13-26(3,4)35-20-9-7-8-19(34-6)22(17)20/h7-9,15-18H,10-14H2,1-6H3,(H2,27,29)(H,28,32). The smallest absolute Gasteiger partial charge is 0.231 e. The summed E-state index contributed by atoms with van der Waals surface area (Å²) in [6.07, 6.45) is 2.19. The summed E-state index contributed by atoms with van der Waals surface area (Å²) in [7, 11) is 3.25. The van der Waals surface area contributed by atoms with Crippen LogP contribution in [0.4, 0.5) is 0 Å². The molecule has 0 saturated heterocycles. The molecule has 1 aromatic carbocycles. The van der Waals surface area contributed by atoms with E-state index in [1.165, 1.54) is 0 Å². The fourth-order valence-electron chi connectivity index (χ4n) is 5.53. The first-order chi connectivity index (χ1) is 16.5. The van der Waals surface area contributed by atoms with Crippen molar-refractivity contribution in [2.24, 2.45) is 22.6 Å². The van der Waals surface area contributed by atoms with Crippen LogP contribution in [0.1, 0.15) is 65.0 Å². The average molecular weight is 487 g/mol. The molecule has 1 aliphatic carbocycles. The van der Waals surface area contributed by atoms with E-state index in [2.05, 4.69) is 10.3 Å². The number of nitrogens with two attached hydrogens (primary N) is 1. The summed E-state index contributed by atoms with van der Waals surface area (Å²) in [5.41, 5.74) is 6.16. The maximum absolute atomic E-state index is 13.4. The van der Waals surface area contributed by atoms with E-state index in [1.807, 2.05) is 45.9 Å². The fraction of sp³-hybridized carbons (Fsp3) is 0.654. The summed E-state index contributed by atoms with van der Waals surface area (Å²) in [6, 6.07) is 5.21. The van der Waals surface area contributed by atoms with Crippen LogP contribution in [0.25, 0.3) is 0 Å². The maximum atomic E-state index is 13.4. The van der Waals surface area contributed by atoms with Gasteiger partial charge in [-0.2, -0.15) is 0 Å². The Morgan fingerprint density at radius 3 is 2.71 bits per heavy atom. The predicted molar refractivity (Wildman–Crippen MR) is 132 cm³/mol. The predicted octanol–water partition coefficient (Wildman–Crippen LogP) is 2.78. The normalized spacial score (nSPS) is 27.3. The molecule has 9 nitrogen and oxygen atoms in total. The molecule has 2 amide bonds. The summed E-state index contributed by atoms with van der Waals surface area (Å²) in [5.74, 6) is 1.34. The van der Waals surface area contributed by atoms with E-state index in [1.54, 1.807) is 19.1 Å². The van der Waals surface area contributed by atoms with Crippen molar-refractivity contribution in [3.63, 3.8) is 0 Å². The summed E-state index contributed by atoms with van der Waals surface area (Å²) in [4.78, 5) is 32.6. The van der Waals surface area contributed by atoms with Gasteiger partial charge in [-0.3, -0.25) is 14.5 Å².